The normalized spacial score (nSPS) is 12.2. The molecule has 0 aromatic carbocycles. The van der Waals surface area contributed by atoms with Crippen molar-refractivity contribution in [2.75, 3.05) is 26.2 Å². The van der Waals surface area contributed by atoms with E-state index in [0.29, 0.717) is 12.5 Å². The summed E-state index contributed by atoms with van der Waals surface area (Å²) < 4.78 is 0. The second kappa shape index (κ2) is 24.7. The predicted molar refractivity (Wildman–Crippen MR) is 131 cm³/mol. The smallest absolute Gasteiger partial charge is 0.223 e. The lowest BCUT2D eigenvalue weighted by Gasteiger charge is -2.17. The van der Waals surface area contributed by atoms with Crippen LogP contribution in [0.3, 0.4) is 0 Å². The van der Waals surface area contributed by atoms with E-state index in [9.17, 15) is 4.79 Å². The van der Waals surface area contributed by atoms with Crippen molar-refractivity contribution in [1.29, 1.82) is 0 Å². The molecule has 1 atom stereocenters. The summed E-state index contributed by atoms with van der Waals surface area (Å²) in [6, 6.07) is 0. The van der Waals surface area contributed by atoms with Crippen molar-refractivity contribution in [3.8, 4) is 0 Å². The third-order valence-corrected chi connectivity index (χ3v) is 6.02. The molecule has 1 amide bonds. The molecule has 0 radical (unpaired) electrons. The van der Waals surface area contributed by atoms with Gasteiger partial charge in [0.25, 0.3) is 0 Å². The molecule has 0 fully saturated rings. The first-order chi connectivity index (χ1) is 14.8. The molecule has 3 N–H and O–H groups in total. The average molecular weight is 427 g/mol. The zero-order chi connectivity index (χ0) is 22.1. The molecular weight excluding hydrogens is 372 g/mol. The van der Waals surface area contributed by atoms with Crippen molar-refractivity contribution < 1.29 is 9.90 Å². The number of amides is 1. The number of unbranched alkanes of at least 4 members (excludes halogenated alkanes) is 12. The maximum Gasteiger partial charge on any atom is 0.223 e. The highest BCUT2D eigenvalue weighted by Gasteiger charge is 2.17. The molecule has 0 aromatic heterocycles. The Kier molecular flexibility index (Phi) is 24.2. The van der Waals surface area contributed by atoms with Gasteiger partial charge >= 0.3 is 0 Å². The third kappa shape index (κ3) is 20.7. The Morgan fingerprint density at radius 3 is 1.70 bits per heavy atom. The molecule has 180 valence electrons. The molecule has 0 aliphatic carbocycles. The van der Waals surface area contributed by atoms with Crippen LogP contribution in [0.5, 0.6) is 0 Å². The number of carbonyl (C=O) groups excluding carboxylic acids is 1. The van der Waals surface area contributed by atoms with E-state index in [-0.39, 0.29) is 5.92 Å². The van der Waals surface area contributed by atoms with E-state index in [1.165, 1.54) is 83.5 Å². The highest BCUT2D eigenvalue weighted by Crippen LogP contribution is 2.19. The van der Waals surface area contributed by atoms with Crippen LogP contribution in [-0.4, -0.2) is 37.3 Å². The van der Waals surface area contributed by atoms with Crippen LogP contribution in [0.1, 0.15) is 129 Å². The number of rotatable bonds is 24. The van der Waals surface area contributed by atoms with E-state index in [1.807, 2.05) is 0 Å². The van der Waals surface area contributed by atoms with Gasteiger partial charge in [-0.25, -0.2) is 0 Å². The Hall–Kier alpha value is -0.610. The van der Waals surface area contributed by atoms with E-state index in [2.05, 4.69) is 24.5 Å². The fraction of sp³-hybridized carbons (Fsp3) is 0.962. The molecule has 0 saturated heterocycles. The maximum absolute atomic E-state index is 12.7. The molecule has 0 bridgehead atoms. The van der Waals surface area contributed by atoms with Crippen LogP contribution in [0, 0.1) is 5.92 Å². The lowest BCUT2D eigenvalue weighted by molar-refractivity contribution is -0.125. The Labute approximate surface area is 188 Å². The fourth-order valence-electron chi connectivity index (χ4n) is 3.97. The molecule has 0 aliphatic rings. The predicted octanol–water partition coefficient (Wildman–Crippen LogP) is 6.36. The lowest BCUT2D eigenvalue weighted by atomic mass is 9.93. The minimum Gasteiger partial charge on any atom is -0.396 e. The van der Waals surface area contributed by atoms with Gasteiger partial charge in [0.1, 0.15) is 0 Å². The number of aliphatic hydroxyl groups is 1. The van der Waals surface area contributed by atoms with Crippen LogP contribution < -0.4 is 10.6 Å². The van der Waals surface area contributed by atoms with Crippen LogP contribution in [-0.2, 0) is 4.79 Å². The summed E-state index contributed by atoms with van der Waals surface area (Å²) in [6.45, 7) is 7.71. The third-order valence-electron chi connectivity index (χ3n) is 6.02. The number of carbonyl (C=O) groups is 1. The van der Waals surface area contributed by atoms with Crippen LogP contribution in [0.15, 0.2) is 0 Å². The van der Waals surface area contributed by atoms with Crippen LogP contribution in [0.25, 0.3) is 0 Å². The largest absolute Gasteiger partial charge is 0.396 e. The molecule has 0 heterocycles. The van der Waals surface area contributed by atoms with Gasteiger partial charge in [-0.1, -0.05) is 90.9 Å². The van der Waals surface area contributed by atoms with Crippen molar-refractivity contribution in [3.63, 3.8) is 0 Å². The Balaban J connectivity index is 3.84. The lowest BCUT2D eigenvalue weighted by Crippen LogP contribution is -2.31. The molecule has 1 unspecified atom stereocenters. The summed E-state index contributed by atoms with van der Waals surface area (Å²) in [6.07, 6.45) is 21.6. The van der Waals surface area contributed by atoms with E-state index in [0.717, 1.165) is 51.7 Å². The standard InChI is InChI=1S/C26H54N2O2/c1-3-5-7-9-10-14-20-25(19-13-8-6-4-2)26(30)28-23-16-12-11-15-21-27-22-17-18-24-29/h25,27,29H,3-24H2,1-2H3,(H,28,30). The molecule has 0 rings (SSSR count). The number of aliphatic hydroxyl groups excluding tert-OH is 1. The highest BCUT2D eigenvalue weighted by atomic mass is 16.2. The molecule has 30 heavy (non-hydrogen) atoms. The molecule has 0 spiro atoms. The van der Waals surface area contributed by atoms with E-state index in [4.69, 9.17) is 5.11 Å². The van der Waals surface area contributed by atoms with Gasteiger partial charge in [0.2, 0.25) is 5.91 Å². The van der Waals surface area contributed by atoms with Gasteiger partial charge in [0.05, 0.1) is 0 Å². The van der Waals surface area contributed by atoms with Crippen molar-refractivity contribution in [2.45, 2.75) is 129 Å². The quantitative estimate of drug-likeness (QED) is 0.157. The van der Waals surface area contributed by atoms with Crippen LogP contribution in [0.4, 0.5) is 0 Å². The molecule has 0 aliphatic heterocycles. The van der Waals surface area contributed by atoms with E-state index < -0.39 is 0 Å². The Bertz CT molecular complexity index is 350. The van der Waals surface area contributed by atoms with Crippen molar-refractivity contribution >= 4 is 5.91 Å². The number of hydrogen-bond acceptors (Lipinski definition) is 3. The summed E-state index contributed by atoms with van der Waals surface area (Å²) in [5.74, 6) is 0.543. The van der Waals surface area contributed by atoms with Gasteiger partial charge in [-0.15, -0.1) is 0 Å². The average Bonchev–Trinajstić information content (AvgIpc) is 2.75. The molecule has 0 aromatic rings. The van der Waals surface area contributed by atoms with Crippen molar-refractivity contribution in [2.24, 2.45) is 5.92 Å². The van der Waals surface area contributed by atoms with E-state index >= 15 is 0 Å². The monoisotopic (exact) mass is 426 g/mol. The van der Waals surface area contributed by atoms with Crippen molar-refractivity contribution in [3.05, 3.63) is 0 Å². The summed E-state index contributed by atoms with van der Waals surface area (Å²) in [5.41, 5.74) is 0. The number of nitrogens with one attached hydrogen (secondary N) is 2. The Morgan fingerprint density at radius 2 is 1.10 bits per heavy atom. The minimum absolute atomic E-state index is 0.233. The first-order valence-corrected chi connectivity index (χ1v) is 13.4. The summed E-state index contributed by atoms with van der Waals surface area (Å²) in [5, 5.41) is 15.4. The first-order valence-electron chi connectivity index (χ1n) is 13.4. The van der Waals surface area contributed by atoms with Gasteiger partial charge in [-0.05, 0) is 51.6 Å². The minimum atomic E-state index is 0.233. The van der Waals surface area contributed by atoms with Gasteiger partial charge in [0, 0.05) is 19.1 Å². The van der Waals surface area contributed by atoms with Crippen LogP contribution in [0.2, 0.25) is 0 Å². The van der Waals surface area contributed by atoms with Crippen LogP contribution >= 0.6 is 0 Å². The second-order valence-corrected chi connectivity index (χ2v) is 8.99. The summed E-state index contributed by atoms with van der Waals surface area (Å²) >= 11 is 0. The second-order valence-electron chi connectivity index (χ2n) is 8.99. The molecule has 4 nitrogen and oxygen atoms in total. The molecule has 0 saturated carbocycles. The maximum atomic E-state index is 12.7. The molecular formula is C26H54N2O2. The first kappa shape index (κ1) is 29.4. The SMILES string of the molecule is CCCCCCCCC(CCCCCC)C(=O)NCCCCCCNCCCCO. The fourth-order valence-corrected chi connectivity index (χ4v) is 3.97. The zero-order valence-corrected chi connectivity index (χ0v) is 20.5. The molecule has 4 heteroatoms. The highest BCUT2D eigenvalue weighted by molar-refractivity contribution is 5.78. The van der Waals surface area contributed by atoms with Crippen molar-refractivity contribution in [1.82, 2.24) is 10.6 Å². The van der Waals surface area contributed by atoms with E-state index in [1.54, 1.807) is 0 Å². The number of hydrogen-bond donors (Lipinski definition) is 3. The summed E-state index contributed by atoms with van der Waals surface area (Å²) in [7, 11) is 0. The summed E-state index contributed by atoms with van der Waals surface area (Å²) in [4.78, 5) is 12.7. The van der Waals surface area contributed by atoms with Gasteiger partial charge in [-0.3, -0.25) is 4.79 Å². The van der Waals surface area contributed by atoms with Gasteiger partial charge in [-0.2, -0.15) is 0 Å². The zero-order valence-electron chi connectivity index (χ0n) is 20.5. The van der Waals surface area contributed by atoms with Gasteiger partial charge < -0.3 is 15.7 Å². The van der Waals surface area contributed by atoms with Gasteiger partial charge in [0.15, 0.2) is 0 Å². The Morgan fingerprint density at radius 1 is 0.633 bits per heavy atom. The topological polar surface area (TPSA) is 61.4 Å².